The van der Waals surface area contributed by atoms with Crippen LogP contribution in [0.25, 0.3) is 11.0 Å². The van der Waals surface area contributed by atoms with Gasteiger partial charge in [0, 0.05) is 12.8 Å². The Hall–Kier alpha value is -2.93. The molecule has 0 spiro atoms. The number of carboxylic acid groups (broad SMARTS) is 2. The number of allylic oxidation sites excluding steroid dienone is 2. The highest BCUT2D eigenvalue weighted by Gasteiger charge is 2.29. The summed E-state index contributed by atoms with van der Waals surface area (Å²) < 4.78 is 5.13. The minimum absolute atomic E-state index is 0.0304. The number of benzene rings is 1. The van der Waals surface area contributed by atoms with Crippen molar-refractivity contribution >= 4 is 34.6 Å². The van der Waals surface area contributed by atoms with Crippen molar-refractivity contribution in [2.24, 2.45) is 0 Å². The molecule has 0 aliphatic heterocycles. The number of hydrogen-bond acceptors (Lipinski definition) is 5. The molecule has 25 heavy (non-hydrogen) atoms. The predicted molar refractivity (Wildman–Crippen MR) is 92.0 cm³/mol. The SMILES string of the molecule is C=CCc1nc2c(Cl)ccc(OC(C(=O)O)C(=O)O)c2nc1CC=C. The quantitative estimate of drug-likeness (QED) is 0.548. The smallest absolute Gasteiger partial charge is 0.356 e. The van der Waals surface area contributed by atoms with Crippen LogP contribution in [0.2, 0.25) is 5.02 Å². The van der Waals surface area contributed by atoms with E-state index in [9.17, 15) is 9.59 Å². The molecule has 0 aliphatic rings. The standard InChI is InChI=1S/C17H15ClN2O5/c1-3-5-10-11(6-4-2)20-14-12(8-7-9(18)13(14)19-10)25-15(16(21)22)17(23)24/h3-4,7-8,15H,1-2,5-6H2,(H,21,22)(H,23,24). The lowest BCUT2D eigenvalue weighted by molar-refractivity contribution is -0.158. The summed E-state index contributed by atoms with van der Waals surface area (Å²) in [6, 6.07) is 2.81. The molecule has 1 aromatic heterocycles. The maximum absolute atomic E-state index is 11.1. The number of aliphatic carboxylic acids is 2. The van der Waals surface area contributed by atoms with Gasteiger partial charge in [-0.1, -0.05) is 23.8 Å². The number of nitrogens with zero attached hydrogens (tertiary/aromatic N) is 2. The summed E-state index contributed by atoms with van der Waals surface area (Å²) in [7, 11) is 0. The number of carbonyl (C=O) groups is 2. The first-order valence-electron chi connectivity index (χ1n) is 7.21. The first-order chi connectivity index (χ1) is 11.9. The van der Waals surface area contributed by atoms with Crippen molar-refractivity contribution in [1.82, 2.24) is 9.97 Å². The fourth-order valence-corrected chi connectivity index (χ4v) is 2.37. The lowest BCUT2D eigenvalue weighted by Crippen LogP contribution is -2.35. The van der Waals surface area contributed by atoms with Crippen LogP contribution in [0.5, 0.6) is 5.75 Å². The van der Waals surface area contributed by atoms with Crippen LogP contribution < -0.4 is 4.74 Å². The summed E-state index contributed by atoms with van der Waals surface area (Å²) in [6.07, 6.45) is 2.12. The summed E-state index contributed by atoms with van der Waals surface area (Å²) >= 11 is 6.16. The van der Waals surface area contributed by atoms with Crippen molar-refractivity contribution in [3.8, 4) is 5.75 Å². The third-order valence-electron chi connectivity index (χ3n) is 3.26. The molecule has 0 aliphatic carbocycles. The number of rotatable bonds is 8. The van der Waals surface area contributed by atoms with Gasteiger partial charge in [0.1, 0.15) is 16.8 Å². The second kappa shape index (κ2) is 7.76. The molecule has 1 heterocycles. The zero-order valence-electron chi connectivity index (χ0n) is 13.1. The first kappa shape index (κ1) is 18.4. The summed E-state index contributed by atoms with van der Waals surface area (Å²) in [4.78, 5) is 31.0. The van der Waals surface area contributed by atoms with E-state index in [1.54, 1.807) is 12.2 Å². The number of hydrogen-bond donors (Lipinski definition) is 2. The Bertz CT molecular complexity index is 852. The zero-order valence-corrected chi connectivity index (χ0v) is 13.9. The molecular weight excluding hydrogens is 348 g/mol. The number of ether oxygens (including phenoxy) is 1. The molecular formula is C17H15ClN2O5. The molecule has 2 N–H and O–H groups in total. The van der Waals surface area contributed by atoms with Crippen molar-refractivity contribution in [1.29, 1.82) is 0 Å². The highest BCUT2D eigenvalue weighted by Crippen LogP contribution is 2.30. The van der Waals surface area contributed by atoms with E-state index in [2.05, 4.69) is 23.1 Å². The number of fused-ring (bicyclic) bond motifs is 1. The molecule has 0 saturated heterocycles. The van der Waals surface area contributed by atoms with Gasteiger partial charge in [0.25, 0.3) is 6.10 Å². The number of aromatic nitrogens is 2. The minimum Gasteiger partial charge on any atom is -0.478 e. The van der Waals surface area contributed by atoms with Crippen molar-refractivity contribution in [3.05, 3.63) is 53.9 Å². The maximum Gasteiger partial charge on any atom is 0.356 e. The molecule has 0 radical (unpaired) electrons. The second-order valence-corrected chi connectivity index (χ2v) is 5.43. The second-order valence-electron chi connectivity index (χ2n) is 5.02. The van der Waals surface area contributed by atoms with Gasteiger partial charge < -0.3 is 14.9 Å². The first-order valence-corrected chi connectivity index (χ1v) is 7.58. The summed E-state index contributed by atoms with van der Waals surface area (Å²) in [5.41, 5.74) is 1.72. The molecule has 8 heteroatoms. The third kappa shape index (κ3) is 3.95. The molecule has 2 aromatic rings. The maximum atomic E-state index is 11.1. The Balaban J connectivity index is 2.65. The zero-order chi connectivity index (χ0) is 18.6. The molecule has 0 saturated carbocycles. The Kier molecular flexibility index (Phi) is 5.71. The van der Waals surface area contributed by atoms with Gasteiger partial charge in [-0.25, -0.2) is 19.6 Å². The Labute approximate surface area is 148 Å². The summed E-state index contributed by atoms with van der Waals surface area (Å²) in [5, 5.41) is 18.3. The van der Waals surface area contributed by atoms with Crippen molar-refractivity contribution in [2.45, 2.75) is 18.9 Å². The van der Waals surface area contributed by atoms with E-state index in [0.717, 1.165) is 0 Å². The minimum atomic E-state index is -2.07. The van der Waals surface area contributed by atoms with E-state index in [4.69, 9.17) is 26.6 Å². The van der Waals surface area contributed by atoms with Crippen LogP contribution in [0.15, 0.2) is 37.4 Å². The van der Waals surface area contributed by atoms with E-state index < -0.39 is 18.0 Å². The number of halogens is 1. The molecule has 0 fully saturated rings. The van der Waals surface area contributed by atoms with Crippen LogP contribution in [0, 0.1) is 0 Å². The van der Waals surface area contributed by atoms with Crippen LogP contribution in [0.3, 0.4) is 0 Å². The van der Waals surface area contributed by atoms with E-state index in [-0.39, 0.29) is 16.3 Å². The van der Waals surface area contributed by atoms with Crippen LogP contribution in [-0.2, 0) is 22.4 Å². The van der Waals surface area contributed by atoms with Crippen molar-refractivity contribution in [3.63, 3.8) is 0 Å². The predicted octanol–water partition coefficient (Wildman–Crippen LogP) is 2.66. The molecule has 7 nitrogen and oxygen atoms in total. The lowest BCUT2D eigenvalue weighted by atomic mass is 10.1. The normalized spacial score (nSPS) is 10.6. The Morgan fingerprint density at radius 2 is 1.60 bits per heavy atom. The molecule has 1 aromatic carbocycles. The molecule has 130 valence electrons. The Morgan fingerprint density at radius 3 is 2.08 bits per heavy atom. The molecule has 2 rings (SSSR count). The van der Waals surface area contributed by atoms with Gasteiger partial charge in [-0.15, -0.1) is 13.2 Å². The molecule has 0 atom stereocenters. The summed E-state index contributed by atoms with van der Waals surface area (Å²) in [5.74, 6) is -3.28. The van der Waals surface area contributed by atoms with E-state index in [0.29, 0.717) is 29.7 Å². The van der Waals surface area contributed by atoms with Gasteiger partial charge in [0.2, 0.25) is 0 Å². The topological polar surface area (TPSA) is 110 Å². The number of carboxylic acids is 2. The fraction of sp³-hybridized carbons (Fsp3) is 0.176. The van der Waals surface area contributed by atoms with Gasteiger partial charge in [0.05, 0.1) is 16.4 Å². The van der Waals surface area contributed by atoms with Gasteiger partial charge in [-0.2, -0.15) is 0 Å². The van der Waals surface area contributed by atoms with E-state index >= 15 is 0 Å². The average molecular weight is 363 g/mol. The van der Waals surface area contributed by atoms with Gasteiger partial charge in [0.15, 0.2) is 0 Å². The van der Waals surface area contributed by atoms with Gasteiger partial charge in [-0.05, 0) is 12.1 Å². The average Bonchev–Trinajstić information content (AvgIpc) is 2.55. The van der Waals surface area contributed by atoms with Crippen LogP contribution in [-0.4, -0.2) is 38.2 Å². The van der Waals surface area contributed by atoms with Crippen molar-refractivity contribution in [2.75, 3.05) is 0 Å². The fourth-order valence-electron chi connectivity index (χ4n) is 2.18. The molecule has 0 amide bonds. The molecule has 0 bridgehead atoms. The third-order valence-corrected chi connectivity index (χ3v) is 3.57. The van der Waals surface area contributed by atoms with Crippen molar-refractivity contribution < 1.29 is 24.5 Å². The monoisotopic (exact) mass is 362 g/mol. The van der Waals surface area contributed by atoms with Crippen LogP contribution in [0.1, 0.15) is 11.4 Å². The van der Waals surface area contributed by atoms with E-state index in [1.165, 1.54) is 12.1 Å². The highest BCUT2D eigenvalue weighted by molar-refractivity contribution is 6.35. The van der Waals surface area contributed by atoms with Gasteiger partial charge >= 0.3 is 11.9 Å². The highest BCUT2D eigenvalue weighted by atomic mass is 35.5. The lowest BCUT2D eigenvalue weighted by Gasteiger charge is -2.14. The van der Waals surface area contributed by atoms with Gasteiger partial charge in [-0.3, -0.25) is 0 Å². The largest absolute Gasteiger partial charge is 0.478 e. The van der Waals surface area contributed by atoms with E-state index in [1.807, 2.05) is 0 Å². The van der Waals surface area contributed by atoms with Crippen LogP contribution in [0.4, 0.5) is 0 Å². The Morgan fingerprint density at radius 1 is 1.08 bits per heavy atom. The summed E-state index contributed by atoms with van der Waals surface area (Å²) in [6.45, 7) is 7.34. The van der Waals surface area contributed by atoms with Crippen LogP contribution >= 0.6 is 11.6 Å². The molecule has 0 unspecified atom stereocenters.